The minimum absolute atomic E-state index is 0.978. The van der Waals surface area contributed by atoms with Gasteiger partial charge in [0, 0.05) is 19.0 Å². The molecule has 0 aliphatic carbocycles. The molecule has 0 saturated heterocycles. The van der Waals surface area contributed by atoms with Gasteiger partial charge in [-0.05, 0) is 47.2 Å². The summed E-state index contributed by atoms with van der Waals surface area (Å²) in [5, 5.41) is 3.51. The molecular formula is C10H9IOS. The molecule has 1 aromatic heterocycles. The topological polar surface area (TPSA) is 9.23 Å². The van der Waals surface area contributed by atoms with Crippen molar-refractivity contribution < 1.29 is 4.74 Å². The molecule has 0 bridgehead atoms. The molecule has 3 heteroatoms. The van der Waals surface area contributed by atoms with Gasteiger partial charge >= 0.3 is 0 Å². The first-order valence-corrected chi connectivity index (χ1v) is 5.89. The molecule has 0 radical (unpaired) electrons. The van der Waals surface area contributed by atoms with Gasteiger partial charge in [-0.1, -0.05) is 0 Å². The van der Waals surface area contributed by atoms with E-state index in [9.17, 15) is 0 Å². The van der Waals surface area contributed by atoms with Crippen LogP contribution in [0.4, 0.5) is 0 Å². The summed E-state index contributed by atoms with van der Waals surface area (Å²) in [4.78, 5) is 0. The van der Waals surface area contributed by atoms with Crippen molar-refractivity contribution >= 4 is 44.0 Å². The third-order valence-electron chi connectivity index (χ3n) is 2.04. The lowest BCUT2D eigenvalue weighted by molar-refractivity contribution is 0.412. The minimum Gasteiger partial charge on any atom is -0.496 e. The molecule has 0 fully saturated rings. The van der Waals surface area contributed by atoms with Crippen LogP contribution in [0.3, 0.4) is 0 Å². The highest BCUT2D eigenvalue weighted by Crippen LogP contribution is 2.32. The zero-order valence-corrected chi connectivity index (χ0v) is 10.4. The van der Waals surface area contributed by atoms with Crippen molar-refractivity contribution in [2.24, 2.45) is 0 Å². The van der Waals surface area contributed by atoms with Gasteiger partial charge in [0.2, 0.25) is 0 Å². The quantitative estimate of drug-likeness (QED) is 0.728. The zero-order chi connectivity index (χ0) is 9.42. The molecule has 1 nitrogen and oxygen atoms in total. The van der Waals surface area contributed by atoms with Gasteiger partial charge in [0.05, 0.1) is 7.11 Å². The highest BCUT2D eigenvalue weighted by molar-refractivity contribution is 14.1. The van der Waals surface area contributed by atoms with E-state index in [0.717, 1.165) is 5.75 Å². The van der Waals surface area contributed by atoms with Gasteiger partial charge in [-0.2, -0.15) is 0 Å². The Kier molecular flexibility index (Phi) is 2.47. The van der Waals surface area contributed by atoms with Crippen LogP contribution in [-0.4, -0.2) is 7.11 Å². The number of hydrogen-bond donors (Lipinski definition) is 0. The maximum atomic E-state index is 5.27. The van der Waals surface area contributed by atoms with Crippen LogP contribution in [-0.2, 0) is 0 Å². The summed E-state index contributed by atoms with van der Waals surface area (Å²) in [5.41, 5.74) is 1.20. The number of fused-ring (bicyclic) bond motifs is 1. The average Bonchev–Trinajstić information content (AvgIpc) is 2.47. The molecule has 2 rings (SSSR count). The van der Waals surface area contributed by atoms with E-state index >= 15 is 0 Å². The van der Waals surface area contributed by atoms with E-state index in [0.29, 0.717) is 0 Å². The van der Waals surface area contributed by atoms with Gasteiger partial charge in [0.25, 0.3) is 0 Å². The Morgan fingerprint density at radius 3 is 2.85 bits per heavy atom. The van der Waals surface area contributed by atoms with Gasteiger partial charge < -0.3 is 4.74 Å². The molecule has 0 N–H and O–H groups in total. The molecule has 1 heterocycles. The third kappa shape index (κ3) is 1.55. The predicted octanol–water partition coefficient (Wildman–Crippen LogP) is 3.82. The average molecular weight is 304 g/mol. The summed E-state index contributed by atoms with van der Waals surface area (Å²) < 4.78 is 7.89. The number of hydrogen-bond acceptors (Lipinski definition) is 2. The first kappa shape index (κ1) is 9.27. The fourth-order valence-corrected chi connectivity index (χ4v) is 3.19. The van der Waals surface area contributed by atoms with E-state index in [2.05, 4.69) is 47.0 Å². The van der Waals surface area contributed by atoms with Gasteiger partial charge in [-0.3, -0.25) is 0 Å². The van der Waals surface area contributed by atoms with Crippen LogP contribution in [0, 0.1) is 10.5 Å². The molecular weight excluding hydrogens is 295 g/mol. The minimum atomic E-state index is 0.978. The van der Waals surface area contributed by atoms with Gasteiger partial charge in [-0.25, -0.2) is 0 Å². The van der Waals surface area contributed by atoms with Gasteiger partial charge in [-0.15, -0.1) is 11.3 Å². The van der Waals surface area contributed by atoms with Crippen LogP contribution >= 0.6 is 33.9 Å². The molecule has 0 atom stereocenters. The number of benzene rings is 1. The third-order valence-corrected chi connectivity index (χ3v) is 4.30. The van der Waals surface area contributed by atoms with Crippen molar-refractivity contribution in [1.29, 1.82) is 0 Å². The normalized spacial score (nSPS) is 10.7. The first-order valence-electron chi connectivity index (χ1n) is 3.93. The van der Waals surface area contributed by atoms with E-state index in [1.807, 2.05) is 0 Å². The molecule has 0 aliphatic rings. The largest absolute Gasteiger partial charge is 0.496 e. The van der Waals surface area contributed by atoms with E-state index in [4.69, 9.17) is 4.74 Å². The molecule has 1 aromatic carbocycles. The van der Waals surface area contributed by atoms with Crippen molar-refractivity contribution in [1.82, 2.24) is 0 Å². The Hall–Kier alpha value is -0.290. The Bertz CT molecular complexity index is 447. The molecule has 0 amide bonds. The number of aryl methyl sites for hydroxylation is 1. The summed E-state index contributed by atoms with van der Waals surface area (Å²) in [5.74, 6) is 0.978. The Balaban J connectivity index is 2.76. The maximum Gasteiger partial charge on any atom is 0.123 e. The lowest BCUT2D eigenvalue weighted by atomic mass is 10.2. The van der Waals surface area contributed by atoms with Crippen molar-refractivity contribution in [3.05, 3.63) is 26.6 Å². The van der Waals surface area contributed by atoms with Crippen LogP contribution < -0.4 is 4.74 Å². The van der Waals surface area contributed by atoms with Crippen LogP contribution in [0.25, 0.3) is 10.1 Å². The van der Waals surface area contributed by atoms with E-state index in [-0.39, 0.29) is 0 Å². The number of methoxy groups -OCH3 is 1. The van der Waals surface area contributed by atoms with Crippen LogP contribution in [0.15, 0.2) is 17.5 Å². The van der Waals surface area contributed by atoms with E-state index in [1.165, 1.54) is 19.2 Å². The molecule has 0 unspecified atom stereocenters. The zero-order valence-electron chi connectivity index (χ0n) is 7.43. The molecule has 0 saturated carbocycles. The number of halogens is 1. The first-order chi connectivity index (χ1) is 6.22. The summed E-state index contributed by atoms with van der Waals surface area (Å²) in [6, 6.07) is 4.30. The Labute approximate surface area is 94.9 Å². The highest BCUT2D eigenvalue weighted by Gasteiger charge is 2.05. The van der Waals surface area contributed by atoms with E-state index in [1.54, 1.807) is 18.4 Å². The number of thiophene rings is 1. The van der Waals surface area contributed by atoms with Crippen LogP contribution in [0.5, 0.6) is 5.75 Å². The molecule has 68 valence electrons. The second-order valence-corrected chi connectivity index (χ2v) is 4.98. The summed E-state index contributed by atoms with van der Waals surface area (Å²) in [6.07, 6.45) is 0. The fraction of sp³-hybridized carbons (Fsp3) is 0.200. The summed E-state index contributed by atoms with van der Waals surface area (Å²) >= 11 is 4.13. The standard InChI is InChI=1S/C10H9IOS/c1-6-3-7-8(11)5-13-10(7)4-9(6)12-2/h3-5H,1-2H3. The van der Waals surface area contributed by atoms with Gasteiger partial charge in [0.15, 0.2) is 0 Å². The van der Waals surface area contributed by atoms with Gasteiger partial charge in [0.1, 0.15) is 5.75 Å². The monoisotopic (exact) mass is 304 g/mol. The molecule has 0 spiro atoms. The lowest BCUT2D eigenvalue weighted by Crippen LogP contribution is -1.85. The molecule has 0 aliphatic heterocycles. The molecule has 2 aromatic rings. The van der Waals surface area contributed by atoms with Crippen LogP contribution in [0.1, 0.15) is 5.56 Å². The van der Waals surface area contributed by atoms with E-state index < -0.39 is 0 Å². The summed E-state index contributed by atoms with van der Waals surface area (Å²) in [7, 11) is 1.72. The smallest absolute Gasteiger partial charge is 0.123 e. The van der Waals surface area contributed by atoms with Crippen LogP contribution in [0.2, 0.25) is 0 Å². The number of ether oxygens (including phenoxy) is 1. The van der Waals surface area contributed by atoms with Crippen molar-refractivity contribution in [3.8, 4) is 5.75 Å². The second-order valence-electron chi connectivity index (χ2n) is 2.90. The Morgan fingerprint density at radius 1 is 1.38 bits per heavy atom. The predicted molar refractivity (Wildman–Crippen MR) is 65.8 cm³/mol. The lowest BCUT2D eigenvalue weighted by Gasteiger charge is -2.03. The molecule has 13 heavy (non-hydrogen) atoms. The fourth-order valence-electron chi connectivity index (χ4n) is 1.35. The second kappa shape index (κ2) is 3.46. The van der Waals surface area contributed by atoms with Crippen molar-refractivity contribution in [2.45, 2.75) is 6.92 Å². The Morgan fingerprint density at radius 2 is 2.15 bits per heavy atom. The maximum absolute atomic E-state index is 5.27. The number of rotatable bonds is 1. The highest BCUT2D eigenvalue weighted by atomic mass is 127. The van der Waals surface area contributed by atoms with Crippen molar-refractivity contribution in [2.75, 3.05) is 7.11 Å². The SMILES string of the molecule is COc1cc2scc(I)c2cc1C. The summed E-state index contributed by atoms with van der Waals surface area (Å²) in [6.45, 7) is 2.08. The van der Waals surface area contributed by atoms with Crippen molar-refractivity contribution in [3.63, 3.8) is 0 Å².